The van der Waals surface area contributed by atoms with Crippen LogP contribution in [0.5, 0.6) is 0 Å². The number of nitrogens with zero attached hydrogens (tertiary/aromatic N) is 4. The Kier molecular flexibility index (Phi) is 5.06. The molecule has 0 bridgehead atoms. The van der Waals surface area contributed by atoms with E-state index in [-0.39, 0.29) is 4.17 Å². The first-order valence-electron chi connectivity index (χ1n) is 5.04. The van der Waals surface area contributed by atoms with Gasteiger partial charge < -0.3 is 0 Å². The summed E-state index contributed by atoms with van der Waals surface area (Å²) in [6.45, 7) is 2.94. The number of alkyl halides is 1. The average molecular weight is 326 g/mol. The van der Waals surface area contributed by atoms with Crippen molar-refractivity contribution in [3.63, 3.8) is 0 Å². The van der Waals surface area contributed by atoms with Crippen molar-refractivity contribution in [2.24, 2.45) is 5.10 Å². The predicted octanol–water partition coefficient (Wildman–Crippen LogP) is 2.04. The smallest absolute Gasteiger partial charge is 0.233 e. The van der Waals surface area contributed by atoms with Gasteiger partial charge in [0.25, 0.3) is 0 Å². The van der Waals surface area contributed by atoms with Gasteiger partial charge in [-0.25, -0.2) is 10.1 Å². The zero-order valence-corrected chi connectivity index (χ0v) is 10.8. The van der Waals surface area contributed by atoms with Gasteiger partial charge in [0.2, 0.25) is 4.17 Å². The molecule has 1 aliphatic rings. The second-order valence-corrected chi connectivity index (χ2v) is 4.50. The average Bonchev–Trinajstić information content (AvgIpc) is 2.55. The van der Waals surface area contributed by atoms with Gasteiger partial charge in [-0.3, -0.25) is 5.01 Å². The van der Waals surface area contributed by atoms with Crippen molar-refractivity contribution in [1.29, 1.82) is 0 Å². The normalized spacial score (nSPS) is 20.0. The molecule has 1 unspecified atom stereocenters. The molecule has 7 heteroatoms. The van der Waals surface area contributed by atoms with Crippen LogP contribution in [0, 0.1) is 10.1 Å². The van der Waals surface area contributed by atoms with Gasteiger partial charge in [0.15, 0.2) is 11.4 Å². The number of halogens is 1. The number of unbranched alkanes of at least 4 members (excludes halogenated alkanes) is 3. The lowest BCUT2D eigenvalue weighted by Gasteiger charge is -2.19. The van der Waals surface area contributed by atoms with Gasteiger partial charge in [-0.05, 0) is 34.0 Å². The molecule has 1 heterocycles. The van der Waals surface area contributed by atoms with Gasteiger partial charge in [-0.1, -0.05) is 26.2 Å². The first-order valence-corrected chi connectivity index (χ1v) is 6.29. The SMILES string of the molecule is CCCCCCN1N=CN([N+](=O)[O-])C1I. The van der Waals surface area contributed by atoms with E-state index in [0.29, 0.717) is 0 Å². The Hall–Kier alpha value is -0.600. The third-order valence-corrected chi connectivity index (χ3v) is 3.43. The Morgan fingerprint density at radius 1 is 1.53 bits per heavy atom. The summed E-state index contributed by atoms with van der Waals surface area (Å²) in [5, 5.41) is 16.9. The van der Waals surface area contributed by atoms with Crippen molar-refractivity contribution >= 4 is 28.9 Å². The van der Waals surface area contributed by atoms with Gasteiger partial charge in [0.05, 0.1) is 0 Å². The van der Waals surface area contributed by atoms with Crippen LogP contribution in [-0.2, 0) is 0 Å². The molecule has 0 amide bonds. The number of rotatable bonds is 6. The fourth-order valence-electron chi connectivity index (χ4n) is 1.35. The monoisotopic (exact) mass is 326 g/mol. The third kappa shape index (κ3) is 3.47. The van der Waals surface area contributed by atoms with E-state index in [1.54, 1.807) is 5.01 Å². The molecule has 1 atom stereocenters. The van der Waals surface area contributed by atoms with Crippen molar-refractivity contribution in [3.05, 3.63) is 10.1 Å². The van der Waals surface area contributed by atoms with Crippen molar-refractivity contribution in [2.45, 2.75) is 36.8 Å². The lowest BCUT2D eigenvalue weighted by Crippen LogP contribution is -2.38. The molecule has 0 aromatic rings. The zero-order chi connectivity index (χ0) is 11.3. The maximum Gasteiger partial charge on any atom is 0.233 e. The van der Waals surface area contributed by atoms with Gasteiger partial charge >= 0.3 is 0 Å². The molecular formula is C8H15IN4O2. The van der Waals surface area contributed by atoms with Crippen LogP contribution in [-0.4, -0.2) is 32.1 Å². The Bertz CT molecular complexity index is 249. The van der Waals surface area contributed by atoms with E-state index in [0.717, 1.165) is 24.4 Å². The number of nitro groups is 1. The molecular weight excluding hydrogens is 311 g/mol. The molecule has 0 saturated carbocycles. The minimum Gasteiger partial charge on any atom is -0.258 e. The minimum absolute atomic E-state index is 0.292. The number of hydrogen-bond acceptors (Lipinski definition) is 4. The number of hydrogen-bond donors (Lipinski definition) is 0. The predicted molar refractivity (Wildman–Crippen MR) is 66.0 cm³/mol. The molecule has 0 radical (unpaired) electrons. The van der Waals surface area contributed by atoms with Crippen LogP contribution in [0.15, 0.2) is 5.10 Å². The van der Waals surface area contributed by atoms with E-state index in [1.807, 2.05) is 22.6 Å². The Balaban J connectivity index is 2.28. The van der Waals surface area contributed by atoms with Gasteiger partial charge in [0.1, 0.15) is 0 Å². The van der Waals surface area contributed by atoms with Crippen LogP contribution in [0.1, 0.15) is 32.6 Å². The fraction of sp³-hybridized carbons (Fsp3) is 0.875. The van der Waals surface area contributed by atoms with E-state index >= 15 is 0 Å². The molecule has 0 aromatic heterocycles. The topological polar surface area (TPSA) is 62.0 Å². The molecule has 0 spiro atoms. The van der Waals surface area contributed by atoms with Gasteiger partial charge in [-0.2, -0.15) is 5.10 Å². The lowest BCUT2D eigenvalue weighted by atomic mass is 10.2. The summed E-state index contributed by atoms with van der Waals surface area (Å²) in [6, 6.07) is 0. The van der Waals surface area contributed by atoms with E-state index < -0.39 is 5.03 Å². The van der Waals surface area contributed by atoms with Crippen LogP contribution in [0.2, 0.25) is 0 Å². The third-order valence-electron chi connectivity index (χ3n) is 2.21. The van der Waals surface area contributed by atoms with Crippen molar-refractivity contribution in [2.75, 3.05) is 6.54 Å². The summed E-state index contributed by atoms with van der Waals surface area (Å²) in [5.41, 5.74) is 0. The molecule has 0 aromatic carbocycles. The van der Waals surface area contributed by atoms with E-state index in [1.165, 1.54) is 19.2 Å². The van der Waals surface area contributed by atoms with Crippen molar-refractivity contribution < 1.29 is 5.03 Å². The first kappa shape index (κ1) is 12.5. The van der Waals surface area contributed by atoms with Gasteiger partial charge in [-0.15, -0.1) is 0 Å². The van der Waals surface area contributed by atoms with Crippen molar-refractivity contribution in [1.82, 2.24) is 10.0 Å². The highest BCUT2D eigenvalue weighted by atomic mass is 127. The minimum atomic E-state index is -0.438. The Labute approximate surface area is 103 Å². The van der Waals surface area contributed by atoms with Crippen molar-refractivity contribution in [3.8, 4) is 0 Å². The highest BCUT2D eigenvalue weighted by Gasteiger charge is 2.32. The largest absolute Gasteiger partial charge is 0.258 e. The second kappa shape index (κ2) is 6.09. The van der Waals surface area contributed by atoms with Crippen LogP contribution >= 0.6 is 22.6 Å². The van der Waals surface area contributed by atoms with Crippen LogP contribution in [0.4, 0.5) is 0 Å². The molecule has 6 nitrogen and oxygen atoms in total. The Morgan fingerprint density at radius 2 is 2.27 bits per heavy atom. The highest BCUT2D eigenvalue weighted by Crippen LogP contribution is 2.19. The summed E-state index contributed by atoms with van der Waals surface area (Å²) in [6.07, 6.45) is 5.87. The lowest BCUT2D eigenvalue weighted by molar-refractivity contribution is -0.630. The molecule has 0 N–H and O–H groups in total. The molecule has 0 aliphatic carbocycles. The van der Waals surface area contributed by atoms with Gasteiger partial charge in [0, 0.05) is 6.54 Å². The van der Waals surface area contributed by atoms with Crippen LogP contribution in [0.25, 0.3) is 0 Å². The van der Waals surface area contributed by atoms with Crippen LogP contribution < -0.4 is 0 Å². The molecule has 1 rings (SSSR count). The first-order chi connectivity index (χ1) is 7.16. The molecule has 15 heavy (non-hydrogen) atoms. The standard InChI is InChI=1S/C8H15IN4O2/c1-2-3-4-5-6-11-8(9)12(7-10-11)13(14)15/h7-8H,2-6H2,1H3. The quantitative estimate of drug-likeness (QED) is 0.187. The second-order valence-electron chi connectivity index (χ2n) is 3.38. The molecule has 0 saturated heterocycles. The van der Waals surface area contributed by atoms with E-state index in [4.69, 9.17) is 0 Å². The Morgan fingerprint density at radius 3 is 2.80 bits per heavy atom. The zero-order valence-electron chi connectivity index (χ0n) is 8.67. The maximum atomic E-state index is 10.5. The molecule has 86 valence electrons. The van der Waals surface area contributed by atoms with E-state index in [2.05, 4.69) is 12.0 Å². The summed E-state index contributed by atoms with van der Waals surface area (Å²) >= 11 is 2.02. The summed E-state index contributed by atoms with van der Waals surface area (Å²) in [5.74, 6) is 0. The summed E-state index contributed by atoms with van der Waals surface area (Å²) < 4.78 is -0.292. The fourth-order valence-corrected chi connectivity index (χ4v) is 2.12. The highest BCUT2D eigenvalue weighted by molar-refractivity contribution is 14.1. The summed E-state index contributed by atoms with van der Waals surface area (Å²) in [7, 11) is 0. The van der Waals surface area contributed by atoms with Crippen LogP contribution in [0.3, 0.4) is 0 Å². The number of hydrazone groups is 1. The van der Waals surface area contributed by atoms with E-state index in [9.17, 15) is 10.1 Å². The number of hydrazine groups is 1. The molecule has 0 fully saturated rings. The maximum absolute atomic E-state index is 10.5. The molecule has 1 aliphatic heterocycles. The summed E-state index contributed by atoms with van der Waals surface area (Å²) in [4.78, 5) is 10.5.